The van der Waals surface area contributed by atoms with Crippen LogP contribution in [-0.2, 0) is 36.7 Å². The number of ether oxygens (including phenoxy) is 2. The van der Waals surface area contributed by atoms with E-state index in [1.54, 1.807) is 24.3 Å². The molecule has 0 saturated carbocycles. The van der Waals surface area contributed by atoms with Crippen molar-refractivity contribution in [2.24, 2.45) is 0 Å². The van der Waals surface area contributed by atoms with E-state index in [9.17, 15) is 19.3 Å². The molecule has 248 valence electrons. The molecule has 3 fully saturated rings. The van der Waals surface area contributed by atoms with Crippen LogP contribution in [0.2, 0.25) is 20.1 Å². The van der Waals surface area contributed by atoms with Crippen LogP contribution in [0, 0.1) is 0 Å². The number of aliphatic hydroxyl groups excluding tert-OH is 2. The summed E-state index contributed by atoms with van der Waals surface area (Å²) in [7, 11) is 0. The fourth-order valence-electron chi connectivity index (χ4n) is 5.56. The van der Waals surface area contributed by atoms with E-state index in [-0.39, 0.29) is 20.1 Å². The Balaban J connectivity index is 1.20. The quantitative estimate of drug-likeness (QED) is 0.136. The molecule has 0 radical (unpaired) electrons. The third-order valence-corrected chi connectivity index (χ3v) is 12.4. The van der Waals surface area contributed by atoms with Gasteiger partial charge in [-0.25, -0.2) is 19.1 Å². The topological polar surface area (TPSA) is 166 Å². The van der Waals surface area contributed by atoms with E-state index >= 15 is 0 Å². The van der Waals surface area contributed by atoms with Crippen LogP contribution in [0.15, 0.2) is 36.9 Å². The van der Waals surface area contributed by atoms with Gasteiger partial charge in [0, 0.05) is 0 Å². The van der Waals surface area contributed by atoms with Crippen molar-refractivity contribution in [3.63, 3.8) is 0 Å². The van der Waals surface area contributed by atoms with E-state index in [1.165, 1.54) is 21.8 Å². The first kappa shape index (κ1) is 33.9. The van der Waals surface area contributed by atoms with Gasteiger partial charge in [-0.3, -0.25) is 18.1 Å². The van der Waals surface area contributed by atoms with E-state index in [0.717, 1.165) is 0 Å². The Morgan fingerprint density at radius 3 is 1.72 bits per heavy atom. The predicted molar refractivity (Wildman–Crippen MR) is 174 cm³/mol. The van der Waals surface area contributed by atoms with Crippen molar-refractivity contribution in [3.05, 3.63) is 57.0 Å². The maximum Gasteiger partial charge on any atom is 0.386 e. The number of imidazole rings is 2. The van der Waals surface area contributed by atoms with Crippen LogP contribution in [0.4, 0.5) is 0 Å². The standard InChI is InChI=1S/C24H22Cl4N4O10P2S2/c25-9-1-13-15(3-11(9)27)31(7-29-13)23-20(34)21-18(40-23)6-38-44(36,46)42-22-19(33)17(5-37-43(35,45)41-21)39-24(22)32-8-30-14-2-10(26)12(28)4-16(14)32/h1-4,7-8,17-24,33-34H,5-6H2,(H,35,45)(H,36,46). The van der Waals surface area contributed by atoms with Crippen LogP contribution < -0.4 is 0 Å². The third kappa shape index (κ3) is 6.28. The highest BCUT2D eigenvalue weighted by Crippen LogP contribution is 2.60. The first-order valence-electron chi connectivity index (χ1n) is 13.3. The number of aromatic nitrogens is 4. The molecule has 46 heavy (non-hydrogen) atoms. The lowest BCUT2D eigenvalue weighted by Crippen LogP contribution is -2.35. The van der Waals surface area contributed by atoms with Gasteiger partial charge in [0.25, 0.3) is 0 Å². The molecule has 10 unspecified atom stereocenters. The van der Waals surface area contributed by atoms with E-state index in [4.69, 9.17) is 74.0 Å². The molecule has 0 aliphatic carbocycles. The van der Waals surface area contributed by atoms with E-state index in [0.29, 0.717) is 22.1 Å². The Morgan fingerprint density at radius 2 is 1.15 bits per heavy atom. The summed E-state index contributed by atoms with van der Waals surface area (Å²) in [6.45, 7) is -9.64. The lowest BCUT2D eigenvalue weighted by molar-refractivity contribution is -0.0573. The molecule has 3 saturated heterocycles. The van der Waals surface area contributed by atoms with Gasteiger partial charge < -0.3 is 28.8 Å². The van der Waals surface area contributed by atoms with Crippen LogP contribution in [0.3, 0.4) is 0 Å². The number of fused-ring (bicyclic) bond motifs is 5. The monoisotopic (exact) mass is 792 g/mol. The van der Waals surface area contributed by atoms with Gasteiger partial charge in [-0.1, -0.05) is 70.9 Å². The molecule has 10 atom stereocenters. The van der Waals surface area contributed by atoms with Crippen molar-refractivity contribution < 1.29 is 46.9 Å². The smallest absolute Gasteiger partial charge is 0.386 e. The van der Waals surface area contributed by atoms with Crippen molar-refractivity contribution in [1.29, 1.82) is 0 Å². The van der Waals surface area contributed by atoms with Gasteiger partial charge in [0.1, 0.15) is 36.6 Å². The molecular weight excluding hydrogens is 772 g/mol. The number of benzene rings is 2. The molecule has 2 aromatic carbocycles. The highest BCUT2D eigenvalue weighted by Gasteiger charge is 2.53. The second-order valence-electron chi connectivity index (χ2n) is 10.6. The zero-order valence-electron chi connectivity index (χ0n) is 22.7. The molecule has 3 aliphatic rings. The normalized spacial score (nSPS) is 37.2. The second-order valence-corrected chi connectivity index (χ2v) is 18.0. The van der Waals surface area contributed by atoms with Gasteiger partial charge in [0.15, 0.2) is 12.5 Å². The molecule has 14 nitrogen and oxygen atoms in total. The highest BCUT2D eigenvalue weighted by atomic mass is 35.5. The molecule has 2 aromatic heterocycles. The first-order chi connectivity index (χ1) is 21.7. The average molecular weight is 794 g/mol. The lowest BCUT2D eigenvalue weighted by atomic mass is 10.1. The van der Waals surface area contributed by atoms with Gasteiger partial charge in [0.05, 0.1) is 68.0 Å². The van der Waals surface area contributed by atoms with Crippen molar-refractivity contribution in [2.45, 2.75) is 49.1 Å². The Bertz CT molecular complexity index is 1940. The van der Waals surface area contributed by atoms with Gasteiger partial charge in [0.2, 0.25) is 0 Å². The first-order valence-corrected chi connectivity index (χ1v) is 20.2. The summed E-state index contributed by atoms with van der Waals surface area (Å²) in [6, 6.07) is 6.17. The minimum absolute atomic E-state index is 0.229. The van der Waals surface area contributed by atoms with E-state index in [1.807, 2.05) is 0 Å². The van der Waals surface area contributed by atoms with Crippen LogP contribution >= 0.6 is 84.5 Å². The van der Waals surface area contributed by atoms with Crippen LogP contribution in [0.25, 0.3) is 22.1 Å². The Morgan fingerprint density at radius 1 is 0.696 bits per heavy atom. The molecular formula is C24H22Cl4N4O10P2S2. The molecule has 0 amide bonds. The minimum atomic E-state index is -4.31. The third-order valence-electron chi connectivity index (χ3n) is 7.72. The molecule has 5 heterocycles. The molecule has 3 aliphatic heterocycles. The minimum Gasteiger partial charge on any atom is -0.387 e. The molecule has 2 bridgehead atoms. The van der Waals surface area contributed by atoms with Gasteiger partial charge in [-0.05, 0) is 24.3 Å². The average Bonchev–Trinajstić information content (AvgIpc) is 3.72. The van der Waals surface area contributed by atoms with Crippen molar-refractivity contribution in [3.8, 4) is 0 Å². The van der Waals surface area contributed by atoms with Crippen molar-refractivity contribution in [2.75, 3.05) is 13.2 Å². The number of rotatable bonds is 2. The molecule has 4 aromatic rings. The Labute approximate surface area is 290 Å². The number of hydrogen-bond donors (Lipinski definition) is 4. The summed E-state index contributed by atoms with van der Waals surface area (Å²) in [5.41, 5.74) is 1.83. The maximum absolute atomic E-state index is 13.6. The van der Waals surface area contributed by atoms with Crippen LogP contribution in [-0.4, -0.2) is 79.2 Å². The van der Waals surface area contributed by atoms with Crippen molar-refractivity contribution >= 4 is 107 Å². The number of hydrogen-bond acceptors (Lipinski definition) is 12. The number of halogens is 4. The lowest BCUT2D eigenvalue weighted by Gasteiger charge is -2.26. The number of nitrogens with zero attached hydrogens (tertiary/aromatic N) is 4. The fraction of sp³-hybridized carbons (Fsp3) is 0.417. The Hall–Kier alpha value is -0.620. The van der Waals surface area contributed by atoms with E-state index in [2.05, 4.69) is 34.5 Å². The molecule has 0 spiro atoms. The number of thiol groups is 2. The summed E-state index contributed by atoms with van der Waals surface area (Å²) in [5, 5.41) is 23.6. The van der Waals surface area contributed by atoms with Gasteiger partial charge >= 0.3 is 13.6 Å². The van der Waals surface area contributed by atoms with Gasteiger partial charge in [-0.2, -0.15) is 0 Å². The van der Waals surface area contributed by atoms with Crippen LogP contribution in [0.1, 0.15) is 12.5 Å². The van der Waals surface area contributed by atoms with E-state index < -0.39 is 75.9 Å². The summed E-state index contributed by atoms with van der Waals surface area (Å²) >= 11 is 32.9. The molecule has 2 N–H and O–H groups in total. The largest absolute Gasteiger partial charge is 0.387 e. The molecule has 22 heteroatoms. The van der Waals surface area contributed by atoms with Crippen LogP contribution in [0.5, 0.6) is 0 Å². The zero-order valence-corrected chi connectivity index (χ0v) is 29.3. The SMILES string of the molecule is O=P1(S)OCC2OC(n3cnc4cc(Cl)c(Cl)cc43)C(OP(=O)(S)OCC3OC(n4cnc5cc(Cl)c(Cl)cc54)C(O)C3O1)C2O. The zero-order chi connectivity index (χ0) is 32.7. The summed E-state index contributed by atoms with van der Waals surface area (Å²) in [5.74, 6) is 0. The molecule has 7 rings (SSSR count). The second kappa shape index (κ2) is 12.6. The number of aliphatic hydroxyl groups is 2. The fourth-order valence-corrected chi connectivity index (χ4v) is 9.14. The summed E-state index contributed by atoms with van der Waals surface area (Å²) in [4.78, 5) is 8.59. The predicted octanol–water partition coefficient (Wildman–Crippen LogP) is 6.11. The summed E-state index contributed by atoms with van der Waals surface area (Å²) < 4.78 is 64.7. The Kier molecular flexibility index (Phi) is 9.28. The van der Waals surface area contributed by atoms with Gasteiger partial charge in [-0.15, -0.1) is 0 Å². The highest BCUT2D eigenvalue weighted by molar-refractivity contribution is 8.44. The van der Waals surface area contributed by atoms with Crippen molar-refractivity contribution in [1.82, 2.24) is 19.1 Å². The summed E-state index contributed by atoms with van der Waals surface area (Å²) in [6.07, 6.45) is -7.67. The maximum atomic E-state index is 13.6.